The first-order valence-electron chi connectivity index (χ1n) is 6.44. The first-order chi connectivity index (χ1) is 10.0. The van der Waals surface area contributed by atoms with Crippen LogP contribution in [0.25, 0.3) is 0 Å². The lowest BCUT2D eigenvalue weighted by Gasteiger charge is -2.09. The van der Waals surface area contributed by atoms with E-state index in [1.807, 2.05) is 25.1 Å². The second-order valence-corrected chi connectivity index (χ2v) is 5.48. The molecule has 2 rings (SSSR count). The SMILES string of the molecule is Cc1ccc(OCC(=O)NCc2ccc(F)cc2)c(Br)c1. The second kappa shape index (κ2) is 7.22. The molecule has 2 aromatic rings. The number of benzene rings is 2. The molecule has 21 heavy (non-hydrogen) atoms. The van der Waals surface area contributed by atoms with Crippen LogP contribution in [0.5, 0.6) is 5.75 Å². The summed E-state index contributed by atoms with van der Waals surface area (Å²) < 4.78 is 19.0. The standard InChI is InChI=1S/C16H15BrFNO2/c1-11-2-7-15(14(17)8-11)21-10-16(20)19-9-12-3-5-13(18)6-4-12/h2-8H,9-10H2,1H3,(H,19,20). The van der Waals surface area contributed by atoms with Gasteiger partial charge in [0, 0.05) is 6.54 Å². The van der Waals surface area contributed by atoms with Gasteiger partial charge >= 0.3 is 0 Å². The number of aryl methyl sites for hydroxylation is 1. The van der Waals surface area contributed by atoms with E-state index in [0.717, 1.165) is 15.6 Å². The van der Waals surface area contributed by atoms with Crippen molar-refractivity contribution in [1.82, 2.24) is 5.32 Å². The average Bonchev–Trinajstić information content (AvgIpc) is 2.46. The Labute approximate surface area is 131 Å². The Balaban J connectivity index is 1.80. The second-order valence-electron chi connectivity index (χ2n) is 4.63. The van der Waals surface area contributed by atoms with Gasteiger partial charge in [0.1, 0.15) is 11.6 Å². The molecule has 110 valence electrons. The molecule has 0 atom stereocenters. The number of rotatable bonds is 5. The number of halogens is 2. The summed E-state index contributed by atoms with van der Waals surface area (Å²) in [6.07, 6.45) is 0. The average molecular weight is 352 g/mol. The van der Waals surface area contributed by atoms with Crippen molar-refractivity contribution in [2.45, 2.75) is 13.5 Å². The Morgan fingerprint density at radius 2 is 1.95 bits per heavy atom. The number of carbonyl (C=O) groups excluding carboxylic acids is 1. The summed E-state index contributed by atoms with van der Waals surface area (Å²) in [6.45, 7) is 2.25. The lowest BCUT2D eigenvalue weighted by molar-refractivity contribution is -0.123. The van der Waals surface area contributed by atoms with Gasteiger partial charge in [-0.2, -0.15) is 0 Å². The van der Waals surface area contributed by atoms with Gasteiger partial charge in [-0.15, -0.1) is 0 Å². The van der Waals surface area contributed by atoms with Gasteiger partial charge in [0.2, 0.25) is 0 Å². The van der Waals surface area contributed by atoms with Crippen molar-refractivity contribution < 1.29 is 13.9 Å². The quantitative estimate of drug-likeness (QED) is 0.893. The smallest absolute Gasteiger partial charge is 0.258 e. The molecule has 0 heterocycles. The van der Waals surface area contributed by atoms with E-state index in [1.54, 1.807) is 12.1 Å². The number of ether oxygens (including phenoxy) is 1. The molecule has 1 N–H and O–H groups in total. The molecule has 0 spiro atoms. The molecule has 0 fully saturated rings. The van der Waals surface area contributed by atoms with Crippen LogP contribution in [0.2, 0.25) is 0 Å². The fourth-order valence-corrected chi connectivity index (χ4v) is 2.33. The van der Waals surface area contributed by atoms with E-state index < -0.39 is 0 Å². The minimum absolute atomic E-state index is 0.0666. The molecular weight excluding hydrogens is 337 g/mol. The first kappa shape index (κ1) is 15.5. The number of amides is 1. The molecule has 0 aliphatic rings. The topological polar surface area (TPSA) is 38.3 Å². The van der Waals surface area contributed by atoms with Gasteiger partial charge in [-0.1, -0.05) is 18.2 Å². The minimum Gasteiger partial charge on any atom is -0.483 e. The molecule has 5 heteroatoms. The Morgan fingerprint density at radius 1 is 1.24 bits per heavy atom. The lowest BCUT2D eigenvalue weighted by atomic mass is 10.2. The van der Waals surface area contributed by atoms with Crippen LogP contribution >= 0.6 is 15.9 Å². The maximum Gasteiger partial charge on any atom is 0.258 e. The molecular formula is C16H15BrFNO2. The predicted molar refractivity (Wildman–Crippen MR) is 82.6 cm³/mol. The minimum atomic E-state index is -0.294. The van der Waals surface area contributed by atoms with Crippen LogP contribution in [0, 0.1) is 12.7 Å². The largest absolute Gasteiger partial charge is 0.483 e. The highest BCUT2D eigenvalue weighted by molar-refractivity contribution is 9.10. The Hall–Kier alpha value is -1.88. The number of hydrogen-bond donors (Lipinski definition) is 1. The summed E-state index contributed by atoms with van der Waals surface area (Å²) in [5.41, 5.74) is 1.94. The van der Waals surface area contributed by atoms with Crippen LogP contribution in [0.4, 0.5) is 4.39 Å². The summed E-state index contributed by atoms with van der Waals surface area (Å²) >= 11 is 3.39. The van der Waals surface area contributed by atoms with Gasteiger partial charge in [0.05, 0.1) is 4.47 Å². The van der Waals surface area contributed by atoms with Crippen molar-refractivity contribution in [2.75, 3.05) is 6.61 Å². The lowest BCUT2D eigenvalue weighted by Crippen LogP contribution is -2.28. The van der Waals surface area contributed by atoms with Gasteiger partial charge in [0.25, 0.3) is 5.91 Å². The summed E-state index contributed by atoms with van der Waals surface area (Å²) in [7, 11) is 0. The van der Waals surface area contributed by atoms with E-state index >= 15 is 0 Å². The molecule has 0 aliphatic heterocycles. The molecule has 0 saturated carbocycles. The fraction of sp³-hybridized carbons (Fsp3) is 0.188. The van der Waals surface area contributed by atoms with Crippen LogP contribution in [-0.2, 0) is 11.3 Å². The normalized spacial score (nSPS) is 10.2. The third-order valence-corrected chi connectivity index (χ3v) is 3.47. The summed E-state index contributed by atoms with van der Waals surface area (Å²) in [6, 6.07) is 11.6. The van der Waals surface area contributed by atoms with Gasteiger partial charge in [0.15, 0.2) is 6.61 Å². The molecule has 0 aliphatic carbocycles. The van der Waals surface area contributed by atoms with Crippen LogP contribution < -0.4 is 10.1 Å². The van der Waals surface area contributed by atoms with Crippen LogP contribution in [-0.4, -0.2) is 12.5 Å². The first-order valence-corrected chi connectivity index (χ1v) is 7.24. The molecule has 0 unspecified atom stereocenters. The maximum absolute atomic E-state index is 12.7. The van der Waals surface area contributed by atoms with Gasteiger partial charge in [-0.05, 0) is 58.2 Å². The Morgan fingerprint density at radius 3 is 2.62 bits per heavy atom. The van der Waals surface area contributed by atoms with Crippen molar-refractivity contribution in [3.63, 3.8) is 0 Å². The maximum atomic E-state index is 12.7. The molecule has 1 amide bonds. The summed E-state index contributed by atoms with van der Waals surface area (Å²) in [4.78, 5) is 11.7. The number of hydrogen-bond acceptors (Lipinski definition) is 2. The van der Waals surface area contributed by atoms with E-state index in [9.17, 15) is 9.18 Å². The van der Waals surface area contributed by atoms with Crippen LogP contribution in [0.15, 0.2) is 46.9 Å². The molecule has 3 nitrogen and oxygen atoms in total. The number of nitrogens with one attached hydrogen (secondary N) is 1. The summed E-state index contributed by atoms with van der Waals surface area (Å²) in [5, 5.41) is 2.72. The molecule has 0 aromatic heterocycles. The highest BCUT2D eigenvalue weighted by atomic mass is 79.9. The van der Waals surface area contributed by atoms with E-state index in [-0.39, 0.29) is 18.3 Å². The molecule has 2 aromatic carbocycles. The zero-order chi connectivity index (χ0) is 15.2. The van der Waals surface area contributed by atoms with E-state index in [0.29, 0.717) is 12.3 Å². The highest BCUT2D eigenvalue weighted by Gasteiger charge is 2.06. The predicted octanol–water partition coefficient (Wildman–Crippen LogP) is 3.59. The van der Waals surface area contributed by atoms with Crippen molar-refractivity contribution in [3.8, 4) is 5.75 Å². The van der Waals surface area contributed by atoms with Gasteiger partial charge in [-0.25, -0.2) is 4.39 Å². The van der Waals surface area contributed by atoms with Gasteiger partial charge < -0.3 is 10.1 Å². The van der Waals surface area contributed by atoms with Crippen molar-refractivity contribution in [2.24, 2.45) is 0 Å². The van der Waals surface area contributed by atoms with Gasteiger partial charge in [-0.3, -0.25) is 4.79 Å². The monoisotopic (exact) mass is 351 g/mol. The molecule has 0 bridgehead atoms. The Kier molecular flexibility index (Phi) is 5.33. The van der Waals surface area contributed by atoms with Crippen LogP contribution in [0.3, 0.4) is 0 Å². The zero-order valence-corrected chi connectivity index (χ0v) is 13.1. The zero-order valence-electron chi connectivity index (χ0n) is 11.5. The van der Waals surface area contributed by atoms with Crippen molar-refractivity contribution in [3.05, 3.63) is 63.9 Å². The van der Waals surface area contributed by atoms with Crippen molar-refractivity contribution in [1.29, 1.82) is 0 Å². The molecule has 0 saturated heterocycles. The van der Waals surface area contributed by atoms with Crippen molar-refractivity contribution >= 4 is 21.8 Å². The fourth-order valence-electron chi connectivity index (χ4n) is 1.72. The van der Waals surface area contributed by atoms with E-state index in [2.05, 4.69) is 21.2 Å². The van der Waals surface area contributed by atoms with E-state index in [4.69, 9.17) is 4.74 Å². The van der Waals surface area contributed by atoms with E-state index in [1.165, 1.54) is 12.1 Å². The third kappa shape index (κ3) is 4.86. The third-order valence-electron chi connectivity index (χ3n) is 2.85. The number of carbonyl (C=O) groups is 1. The summed E-state index contributed by atoms with van der Waals surface area (Å²) in [5.74, 6) is 0.0990. The molecule has 0 radical (unpaired) electrons. The Bertz CT molecular complexity index is 629. The highest BCUT2D eigenvalue weighted by Crippen LogP contribution is 2.25. The van der Waals surface area contributed by atoms with Crippen LogP contribution in [0.1, 0.15) is 11.1 Å².